The molecule has 2 aliphatic heterocycles. The predicted molar refractivity (Wildman–Crippen MR) is 112 cm³/mol. The first-order valence-corrected chi connectivity index (χ1v) is 8.58. The first-order chi connectivity index (χ1) is 13.2. The van der Waals surface area contributed by atoms with Crippen LogP contribution in [-0.2, 0) is 24.4 Å². The highest BCUT2D eigenvalue weighted by molar-refractivity contribution is 14.0. The van der Waals surface area contributed by atoms with E-state index in [0.717, 1.165) is 22.6 Å². The smallest absolute Gasteiger partial charge is 0.231 e. The Morgan fingerprint density at radius 2 is 1.86 bits per heavy atom. The molecule has 0 spiro atoms. The first kappa shape index (κ1) is 20.5. The van der Waals surface area contributed by atoms with E-state index in [0.29, 0.717) is 37.0 Å². The molecule has 28 heavy (non-hydrogen) atoms. The van der Waals surface area contributed by atoms with Gasteiger partial charge < -0.3 is 29.6 Å². The van der Waals surface area contributed by atoms with Crippen molar-refractivity contribution in [3.05, 3.63) is 52.8 Å². The number of halogens is 2. The molecule has 0 bridgehead atoms. The Kier molecular flexibility index (Phi) is 6.79. The van der Waals surface area contributed by atoms with Crippen LogP contribution in [0.3, 0.4) is 0 Å². The maximum Gasteiger partial charge on any atom is 0.231 e. The molecular weight excluding hydrogens is 480 g/mol. The highest BCUT2D eigenvalue weighted by atomic mass is 127. The van der Waals surface area contributed by atoms with Crippen LogP contribution in [0.4, 0.5) is 4.39 Å². The maximum atomic E-state index is 13.8. The standard InChI is InChI=1S/C19H20FN3O4.HI/c1-21-19(22-7-12-2-3-16-17(4-12)26-11-25-16)23-8-13-5-15(20)6-14-9-24-10-27-18(13)14;/h2-6H,7-11H2,1H3,(H2,21,22,23);1H. The van der Waals surface area contributed by atoms with Crippen molar-refractivity contribution in [3.63, 3.8) is 0 Å². The summed E-state index contributed by atoms with van der Waals surface area (Å²) >= 11 is 0. The van der Waals surface area contributed by atoms with Crippen LogP contribution in [0.25, 0.3) is 0 Å². The molecule has 0 amide bonds. The maximum absolute atomic E-state index is 13.8. The summed E-state index contributed by atoms with van der Waals surface area (Å²) < 4.78 is 35.3. The minimum Gasteiger partial charge on any atom is -0.467 e. The zero-order valence-electron chi connectivity index (χ0n) is 15.3. The van der Waals surface area contributed by atoms with E-state index in [1.54, 1.807) is 7.05 Å². The number of rotatable bonds is 4. The Bertz CT molecular complexity index is 878. The first-order valence-electron chi connectivity index (χ1n) is 8.58. The van der Waals surface area contributed by atoms with Crippen molar-refractivity contribution >= 4 is 29.9 Å². The van der Waals surface area contributed by atoms with Crippen LogP contribution < -0.4 is 24.8 Å². The molecule has 150 valence electrons. The van der Waals surface area contributed by atoms with Crippen LogP contribution in [0.15, 0.2) is 35.3 Å². The number of nitrogens with one attached hydrogen (secondary N) is 2. The lowest BCUT2D eigenvalue weighted by Gasteiger charge is -2.21. The van der Waals surface area contributed by atoms with Crippen molar-refractivity contribution in [2.24, 2.45) is 4.99 Å². The fourth-order valence-electron chi connectivity index (χ4n) is 3.02. The molecular formula is C19H21FIN3O4. The minimum atomic E-state index is -0.317. The fourth-order valence-corrected chi connectivity index (χ4v) is 3.02. The van der Waals surface area contributed by atoms with Crippen molar-refractivity contribution in [1.82, 2.24) is 10.6 Å². The third kappa shape index (κ3) is 4.58. The number of aliphatic imine (C=N–C) groups is 1. The second-order valence-corrected chi connectivity index (χ2v) is 6.13. The summed E-state index contributed by atoms with van der Waals surface area (Å²) in [5, 5.41) is 6.41. The number of hydrogen-bond donors (Lipinski definition) is 2. The molecule has 2 aromatic rings. The summed E-state index contributed by atoms with van der Waals surface area (Å²) in [6, 6.07) is 8.67. The van der Waals surface area contributed by atoms with Crippen molar-refractivity contribution in [2.45, 2.75) is 19.7 Å². The Balaban J connectivity index is 0.00000225. The van der Waals surface area contributed by atoms with Gasteiger partial charge in [0.2, 0.25) is 6.79 Å². The largest absolute Gasteiger partial charge is 0.467 e. The van der Waals surface area contributed by atoms with Gasteiger partial charge in [-0.15, -0.1) is 24.0 Å². The van der Waals surface area contributed by atoms with E-state index in [2.05, 4.69) is 15.6 Å². The predicted octanol–water partition coefficient (Wildman–Crippen LogP) is 2.90. The van der Waals surface area contributed by atoms with E-state index in [4.69, 9.17) is 18.9 Å². The molecule has 4 rings (SSSR count). The molecule has 0 atom stereocenters. The van der Waals surface area contributed by atoms with Crippen LogP contribution >= 0.6 is 24.0 Å². The van der Waals surface area contributed by atoms with Gasteiger partial charge >= 0.3 is 0 Å². The minimum absolute atomic E-state index is 0. The van der Waals surface area contributed by atoms with Crippen molar-refractivity contribution in [2.75, 3.05) is 20.6 Å². The van der Waals surface area contributed by atoms with Gasteiger partial charge in [-0.1, -0.05) is 6.07 Å². The summed E-state index contributed by atoms with van der Waals surface area (Å²) in [5.74, 6) is 2.44. The van der Waals surface area contributed by atoms with Crippen molar-refractivity contribution in [3.8, 4) is 17.2 Å². The summed E-state index contributed by atoms with van der Waals surface area (Å²) in [5.41, 5.74) is 2.46. The summed E-state index contributed by atoms with van der Waals surface area (Å²) in [6.07, 6.45) is 0. The Hall–Kier alpha value is -2.27. The zero-order chi connectivity index (χ0) is 18.6. The van der Waals surface area contributed by atoms with Gasteiger partial charge in [0.05, 0.1) is 6.61 Å². The lowest BCUT2D eigenvalue weighted by Crippen LogP contribution is -2.36. The van der Waals surface area contributed by atoms with E-state index in [1.165, 1.54) is 12.1 Å². The summed E-state index contributed by atoms with van der Waals surface area (Å²) in [7, 11) is 1.68. The third-order valence-corrected chi connectivity index (χ3v) is 4.32. The van der Waals surface area contributed by atoms with E-state index < -0.39 is 0 Å². The van der Waals surface area contributed by atoms with Gasteiger partial charge in [0.1, 0.15) is 11.6 Å². The van der Waals surface area contributed by atoms with E-state index in [-0.39, 0.29) is 43.4 Å². The van der Waals surface area contributed by atoms with Crippen LogP contribution in [0, 0.1) is 5.82 Å². The van der Waals surface area contributed by atoms with Crippen LogP contribution in [0.5, 0.6) is 17.2 Å². The molecule has 2 N–H and O–H groups in total. The number of hydrogen-bond acceptors (Lipinski definition) is 5. The van der Waals surface area contributed by atoms with Gasteiger partial charge in [-0.25, -0.2) is 4.39 Å². The van der Waals surface area contributed by atoms with E-state index in [1.807, 2.05) is 18.2 Å². The second kappa shape index (κ2) is 9.28. The molecule has 2 aromatic carbocycles. The van der Waals surface area contributed by atoms with E-state index >= 15 is 0 Å². The molecule has 0 aromatic heterocycles. The average Bonchev–Trinajstić information content (AvgIpc) is 3.15. The molecule has 0 saturated heterocycles. The molecule has 7 nitrogen and oxygen atoms in total. The summed E-state index contributed by atoms with van der Waals surface area (Å²) in [4.78, 5) is 4.20. The third-order valence-electron chi connectivity index (χ3n) is 4.32. The molecule has 9 heteroatoms. The topological polar surface area (TPSA) is 73.3 Å². The van der Waals surface area contributed by atoms with Crippen LogP contribution in [0.1, 0.15) is 16.7 Å². The second-order valence-electron chi connectivity index (χ2n) is 6.13. The van der Waals surface area contributed by atoms with Crippen LogP contribution in [0.2, 0.25) is 0 Å². The Morgan fingerprint density at radius 1 is 1.04 bits per heavy atom. The molecule has 0 aliphatic carbocycles. The molecule has 0 unspecified atom stereocenters. The lowest BCUT2D eigenvalue weighted by atomic mass is 10.1. The van der Waals surface area contributed by atoms with Crippen molar-refractivity contribution < 1.29 is 23.3 Å². The number of nitrogens with zero attached hydrogens (tertiary/aromatic N) is 1. The number of ether oxygens (including phenoxy) is 4. The molecule has 0 radical (unpaired) electrons. The Labute approximate surface area is 179 Å². The lowest BCUT2D eigenvalue weighted by molar-refractivity contribution is -0.0172. The quantitative estimate of drug-likeness (QED) is 0.382. The van der Waals surface area contributed by atoms with Gasteiger partial charge in [-0.2, -0.15) is 0 Å². The van der Waals surface area contributed by atoms with Gasteiger partial charge in [0.15, 0.2) is 24.3 Å². The van der Waals surface area contributed by atoms with Crippen molar-refractivity contribution in [1.29, 1.82) is 0 Å². The monoisotopic (exact) mass is 501 g/mol. The summed E-state index contributed by atoms with van der Waals surface area (Å²) in [6.45, 7) is 1.70. The number of benzene rings is 2. The van der Waals surface area contributed by atoms with Gasteiger partial charge in [-0.3, -0.25) is 4.99 Å². The van der Waals surface area contributed by atoms with Gasteiger partial charge in [0, 0.05) is 31.3 Å². The zero-order valence-corrected chi connectivity index (χ0v) is 17.6. The molecule has 2 heterocycles. The highest BCUT2D eigenvalue weighted by Crippen LogP contribution is 2.32. The van der Waals surface area contributed by atoms with Gasteiger partial charge in [-0.05, 0) is 29.8 Å². The van der Waals surface area contributed by atoms with E-state index in [9.17, 15) is 4.39 Å². The number of fused-ring (bicyclic) bond motifs is 2. The number of guanidine groups is 1. The fraction of sp³-hybridized carbons (Fsp3) is 0.316. The molecule has 0 fully saturated rings. The highest BCUT2D eigenvalue weighted by Gasteiger charge is 2.17. The molecule has 0 saturated carbocycles. The Morgan fingerprint density at radius 3 is 2.71 bits per heavy atom. The van der Waals surface area contributed by atoms with Crippen LogP contribution in [-0.4, -0.2) is 26.6 Å². The van der Waals surface area contributed by atoms with Gasteiger partial charge in [0.25, 0.3) is 0 Å². The molecule has 2 aliphatic rings. The SMILES string of the molecule is CN=C(NCc1ccc2c(c1)OCO2)NCc1cc(F)cc2c1OCOC2.I. The average molecular weight is 501 g/mol. The normalized spacial score (nSPS) is 14.6.